The van der Waals surface area contributed by atoms with Crippen LogP contribution in [-0.2, 0) is 4.79 Å². The second-order valence-electron chi connectivity index (χ2n) is 5.24. The minimum atomic E-state index is -0.234. The Morgan fingerprint density at radius 3 is 3.04 bits per heavy atom. The van der Waals surface area contributed by atoms with Gasteiger partial charge in [0.05, 0.1) is 16.0 Å². The fraction of sp³-hybridized carbons (Fsp3) is 0.133. The molecule has 0 fully saturated rings. The first-order chi connectivity index (χ1) is 12.1. The van der Waals surface area contributed by atoms with Crippen LogP contribution in [0.4, 0.5) is 5.13 Å². The van der Waals surface area contributed by atoms with Crippen molar-refractivity contribution in [3.05, 3.63) is 46.4 Å². The van der Waals surface area contributed by atoms with E-state index in [1.807, 2.05) is 24.3 Å². The summed E-state index contributed by atoms with van der Waals surface area (Å²) < 4.78 is 2.73. The normalized spacial score (nSPS) is 11.2. The van der Waals surface area contributed by atoms with E-state index in [1.165, 1.54) is 29.2 Å². The quantitative estimate of drug-likeness (QED) is 0.531. The minimum Gasteiger partial charge on any atom is -0.301 e. The second kappa shape index (κ2) is 6.30. The molecule has 0 saturated carbocycles. The maximum atomic E-state index is 12.2. The number of benzene rings is 1. The van der Waals surface area contributed by atoms with E-state index in [0.29, 0.717) is 21.8 Å². The zero-order valence-corrected chi connectivity index (χ0v) is 14.6. The Morgan fingerprint density at radius 1 is 1.36 bits per heavy atom. The molecular weight excluding hydrogens is 360 g/mol. The lowest BCUT2D eigenvalue weighted by molar-refractivity contribution is -0.113. The standard InChI is InChI=1S/C15H12N6O2S2/c1-8-6-11(22)17-13-19-20-15(21(8)13)24-7-12(23)18-14-16-9-4-2-3-5-10(9)25-14/h2-6H,7H2,1H3,(H,16,18,23)(H,17,19,22). The van der Waals surface area contributed by atoms with Crippen molar-refractivity contribution in [3.8, 4) is 0 Å². The highest BCUT2D eigenvalue weighted by atomic mass is 32.2. The van der Waals surface area contributed by atoms with Gasteiger partial charge in [-0.15, -0.1) is 10.2 Å². The van der Waals surface area contributed by atoms with E-state index in [2.05, 4.69) is 25.5 Å². The first-order valence-corrected chi connectivity index (χ1v) is 9.13. The van der Waals surface area contributed by atoms with Gasteiger partial charge in [0.1, 0.15) is 0 Å². The number of rotatable bonds is 4. The summed E-state index contributed by atoms with van der Waals surface area (Å²) in [5.41, 5.74) is 1.33. The molecule has 25 heavy (non-hydrogen) atoms. The molecular formula is C15H12N6O2S2. The third-order valence-electron chi connectivity index (χ3n) is 3.43. The molecule has 0 spiro atoms. The highest BCUT2D eigenvalue weighted by molar-refractivity contribution is 7.99. The van der Waals surface area contributed by atoms with Crippen molar-refractivity contribution >= 4 is 50.1 Å². The predicted octanol–water partition coefficient (Wildman–Crippen LogP) is 2.07. The number of aromatic amines is 1. The molecule has 4 aromatic rings. The lowest BCUT2D eigenvalue weighted by Crippen LogP contribution is -2.14. The first kappa shape index (κ1) is 15.8. The fourth-order valence-corrected chi connectivity index (χ4v) is 4.05. The number of anilines is 1. The number of hydrogen-bond acceptors (Lipinski definition) is 7. The lowest BCUT2D eigenvalue weighted by atomic mass is 10.3. The molecule has 0 atom stereocenters. The number of carbonyl (C=O) groups is 1. The molecule has 10 heteroatoms. The Labute approximate surface area is 149 Å². The molecule has 0 aliphatic heterocycles. The van der Waals surface area contributed by atoms with Crippen molar-refractivity contribution in [3.63, 3.8) is 0 Å². The average molecular weight is 372 g/mol. The van der Waals surface area contributed by atoms with Crippen LogP contribution in [-0.4, -0.2) is 36.2 Å². The molecule has 0 saturated heterocycles. The van der Waals surface area contributed by atoms with E-state index in [1.54, 1.807) is 11.3 Å². The summed E-state index contributed by atoms with van der Waals surface area (Å²) in [7, 11) is 0. The monoisotopic (exact) mass is 372 g/mol. The van der Waals surface area contributed by atoms with Gasteiger partial charge >= 0.3 is 0 Å². The second-order valence-corrected chi connectivity index (χ2v) is 7.21. The van der Waals surface area contributed by atoms with Gasteiger partial charge in [0, 0.05) is 11.8 Å². The number of aromatic nitrogens is 5. The van der Waals surface area contributed by atoms with Crippen LogP contribution in [0.3, 0.4) is 0 Å². The van der Waals surface area contributed by atoms with Gasteiger partial charge < -0.3 is 5.32 Å². The van der Waals surface area contributed by atoms with Crippen LogP contribution in [0, 0.1) is 6.92 Å². The van der Waals surface area contributed by atoms with Crippen LogP contribution >= 0.6 is 23.1 Å². The first-order valence-electron chi connectivity index (χ1n) is 7.33. The molecule has 1 aromatic carbocycles. The number of fused-ring (bicyclic) bond motifs is 2. The molecule has 0 aliphatic rings. The Kier molecular flexibility index (Phi) is 3.98. The predicted molar refractivity (Wildman–Crippen MR) is 97.3 cm³/mol. The van der Waals surface area contributed by atoms with Crippen molar-refractivity contribution < 1.29 is 4.79 Å². The molecule has 0 unspecified atom stereocenters. The fourth-order valence-electron chi connectivity index (χ4n) is 2.37. The van der Waals surface area contributed by atoms with E-state index in [-0.39, 0.29) is 17.2 Å². The number of carbonyl (C=O) groups excluding carboxylic acids is 1. The number of H-pyrrole nitrogens is 1. The maximum Gasteiger partial charge on any atom is 0.252 e. The summed E-state index contributed by atoms with van der Waals surface area (Å²) >= 11 is 2.67. The summed E-state index contributed by atoms with van der Waals surface area (Å²) in [4.78, 5) is 30.6. The summed E-state index contributed by atoms with van der Waals surface area (Å²) in [6, 6.07) is 9.17. The van der Waals surface area contributed by atoms with E-state index in [0.717, 1.165) is 10.2 Å². The van der Waals surface area contributed by atoms with Crippen LogP contribution in [0.1, 0.15) is 5.69 Å². The van der Waals surface area contributed by atoms with Crippen molar-refractivity contribution in [2.75, 3.05) is 11.1 Å². The van der Waals surface area contributed by atoms with Crippen LogP contribution in [0.15, 0.2) is 40.3 Å². The van der Waals surface area contributed by atoms with Gasteiger partial charge in [-0.1, -0.05) is 35.2 Å². The van der Waals surface area contributed by atoms with Gasteiger partial charge in [-0.25, -0.2) is 4.98 Å². The highest BCUT2D eigenvalue weighted by Gasteiger charge is 2.13. The number of para-hydroxylation sites is 1. The number of hydrogen-bond donors (Lipinski definition) is 2. The summed E-state index contributed by atoms with van der Waals surface area (Å²) in [5.74, 6) is 0.344. The van der Waals surface area contributed by atoms with Crippen molar-refractivity contribution in [2.24, 2.45) is 0 Å². The van der Waals surface area contributed by atoms with Crippen LogP contribution < -0.4 is 10.9 Å². The molecule has 126 valence electrons. The van der Waals surface area contributed by atoms with Gasteiger partial charge in [-0.05, 0) is 19.1 Å². The molecule has 8 nitrogen and oxygen atoms in total. The van der Waals surface area contributed by atoms with Gasteiger partial charge in [-0.3, -0.25) is 19.0 Å². The molecule has 0 radical (unpaired) electrons. The van der Waals surface area contributed by atoms with Gasteiger partial charge in [0.2, 0.25) is 11.7 Å². The SMILES string of the molecule is Cc1cc(=O)[nH]c2nnc(SCC(=O)Nc3nc4ccccc4s3)n12. The number of amides is 1. The highest BCUT2D eigenvalue weighted by Crippen LogP contribution is 2.25. The zero-order chi connectivity index (χ0) is 17.4. The maximum absolute atomic E-state index is 12.2. The third kappa shape index (κ3) is 3.13. The van der Waals surface area contributed by atoms with Crippen molar-refractivity contribution in [1.82, 2.24) is 24.6 Å². The Bertz CT molecular complexity index is 1110. The van der Waals surface area contributed by atoms with Gasteiger partial charge in [0.25, 0.3) is 5.56 Å². The summed E-state index contributed by atoms with van der Waals surface area (Å²) in [5, 5.41) is 11.9. The van der Waals surface area contributed by atoms with E-state index < -0.39 is 0 Å². The molecule has 0 bridgehead atoms. The molecule has 1 amide bonds. The Balaban J connectivity index is 1.48. The van der Waals surface area contributed by atoms with E-state index in [9.17, 15) is 9.59 Å². The van der Waals surface area contributed by atoms with Crippen LogP contribution in [0.25, 0.3) is 16.0 Å². The largest absolute Gasteiger partial charge is 0.301 e. The lowest BCUT2D eigenvalue weighted by Gasteiger charge is -2.03. The van der Waals surface area contributed by atoms with E-state index >= 15 is 0 Å². The molecule has 3 aromatic heterocycles. The molecule has 4 rings (SSSR count). The number of aryl methyl sites for hydroxylation is 1. The zero-order valence-electron chi connectivity index (χ0n) is 13.0. The molecule has 3 heterocycles. The average Bonchev–Trinajstić information content (AvgIpc) is 3.15. The number of thiazole rings is 1. The summed E-state index contributed by atoms with van der Waals surface area (Å²) in [6.07, 6.45) is 0. The van der Waals surface area contributed by atoms with E-state index in [4.69, 9.17) is 0 Å². The molecule has 2 N–H and O–H groups in total. The number of nitrogens with one attached hydrogen (secondary N) is 2. The molecule has 0 aliphatic carbocycles. The third-order valence-corrected chi connectivity index (χ3v) is 5.31. The smallest absolute Gasteiger partial charge is 0.252 e. The van der Waals surface area contributed by atoms with Crippen molar-refractivity contribution in [2.45, 2.75) is 12.1 Å². The van der Waals surface area contributed by atoms with Crippen molar-refractivity contribution in [1.29, 1.82) is 0 Å². The minimum absolute atomic E-state index is 0.162. The Hall–Kier alpha value is -2.72. The summed E-state index contributed by atoms with van der Waals surface area (Å²) in [6.45, 7) is 1.79. The number of thioether (sulfide) groups is 1. The van der Waals surface area contributed by atoms with Crippen LogP contribution in [0.2, 0.25) is 0 Å². The van der Waals surface area contributed by atoms with Gasteiger partial charge in [0.15, 0.2) is 10.3 Å². The topological polar surface area (TPSA) is 105 Å². The van der Waals surface area contributed by atoms with Crippen LogP contribution in [0.5, 0.6) is 0 Å². The number of nitrogens with zero attached hydrogens (tertiary/aromatic N) is 4. The van der Waals surface area contributed by atoms with Gasteiger partial charge in [-0.2, -0.15) is 0 Å². The Morgan fingerprint density at radius 2 is 2.20 bits per heavy atom.